The van der Waals surface area contributed by atoms with Gasteiger partial charge in [0.2, 0.25) is 0 Å². The quantitative estimate of drug-likeness (QED) is 0.826. The van der Waals surface area contributed by atoms with Crippen LogP contribution < -0.4 is 0 Å². The molecule has 104 valence electrons. The zero-order valence-electron chi connectivity index (χ0n) is 12.3. The highest BCUT2D eigenvalue weighted by Crippen LogP contribution is 2.26. The average Bonchev–Trinajstić information content (AvgIpc) is 2.78. The maximum absolute atomic E-state index is 12.0. The van der Waals surface area contributed by atoms with Gasteiger partial charge in [0.1, 0.15) is 0 Å². The predicted octanol–water partition coefficient (Wildman–Crippen LogP) is 3.93. The summed E-state index contributed by atoms with van der Waals surface area (Å²) in [5, 5.41) is 0. The minimum Gasteiger partial charge on any atom is -0.344 e. The van der Waals surface area contributed by atoms with Crippen LogP contribution in [0.3, 0.4) is 0 Å². The van der Waals surface area contributed by atoms with Gasteiger partial charge in [-0.25, -0.2) is 0 Å². The van der Waals surface area contributed by atoms with Gasteiger partial charge in [0, 0.05) is 29.9 Å². The van der Waals surface area contributed by atoms with Gasteiger partial charge >= 0.3 is 0 Å². The molecule has 0 saturated heterocycles. The van der Waals surface area contributed by atoms with E-state index in [1.165, 1.54) is 22.5 Å². The van der Waals surface area contributed by atoms with Crippen LogP contribution in [0.1, 0.15) is 52.6 Å². The highest BCUT2D eigenvalue weighted by molar-refractivity contribution is 5.98. The van der Waals surface area contributed by atoms with Crippen molar-refractivity contribution in [2.45, 2.75) is 46.1 Å². The fourth-order valence-corrected chi connectivity index (χ4v) is 3.24. The maximum atomic E-state index is 12.0. The molecule has 0 fully saturated rings. The molecule has 0 radical (unpaired) electrons. The number of Topliss-reactive ketones (excluding diaryl/α,β-unsaturated/α-hetero) is 1. The van der Waals surface area contributed by atoms with Gasteiger partial charge in [-0.05, 0) is 43.4 Å². The number of rotatable bonds is 3. The highest BCUT2D eigenvalue weighted by atomic mass is 16.1. The smallest absolute Gasteiger partial charge is 0.164 e. The molecule has 0 bridgehead atoms. The van der Waals surface area contributed by atoms with Crippen LogP contribution in [0.15, 0.2) is 30.3 Å². The van der Waals surface area contributed by atoms with Crippen molar-refractivity contribution in [1.82, 2.24) is 4.57 Å². The summed E-state index contributed by atoms with van der Waals surface area (Å²) in [7, 11) is 0. The number of carbonyl (C=O) groups excluding carboxylic acids is 1. The fraction of sp³-hybridized carbons (Fsp3) is 0.389. The van der Waals surface area contributed by atoms with Crippen molar-refractivity contribution in [2.75, 3.05) is 0 Å². The third kappa shape index (κ3) is 2.20. The molecule has 1 aromatic carbocycles. The van der Waals surface area contributed by atoms with E-state index in [9.17, 15) is 4.79 Å². The van der Waals surface area contributed by atoms with E-state index in [-0.39, 0.29) is 0 Å². The average molecular weight is 267 g/mol. The van der Waals surface area contributed by atoms with Gasteiger partial charge < -0.3 is 4.57 Å². The zero-order chi connectivity index (χ0) is 14.1. The maximum Gasteiger partial charge on any atom is 0.164 e. The number of hydrogen-bond donors (Lipinski definition) is 0. The lowest BCUT2D eigenvalue weighted by atomic mass is 9.96. The molecule has 3 rings (SSSR count). The summed E-state index contributed by atoms with van der Waals surface area (Å²) in [6.07, 6.45) is 3.79. The van der Waals surface area contributed by atoms with Gasteiger partial charge in [0.25, 0.3) is 0 Å². The number of aryl methyl sites for hydroxylation is 2. The molecule has 2 aromatic rings. The molecule has 1 aliphatic carbocycles. The van der Waals surface area contributed by atoms with Crippen LogP contribution in [0.25, 0.3) is 0 Å². The van der Waals surface area contributed by atoms with Crippen LogP contribution >= 0.6 is 0 Å². The normalized spacial score (nSPS) is 14.4. The number of nitrogens with zero attached hydrogens (tertiary/aromatic N) is 1. The Morgan fingerprint density at radius 1 is 1.15 bits per heavy atom. The summed E-state index contributed by atoms with van der Waals surface area (Å²) in [6.45, 7) is 5.19. The molecule has 20 heavy (non-hydrogen) atoms. The van der Waals surface area contributed by atoms with E-state index in [0.717, 1.165) is 31.4 Å². The Bertz CT molecular complexity index is 651. The Morgan fingerprint density at radius 3 is 2.65 bits per heavy atom. The third-order valence-corrected chi connectivity index (χ3v) is 4.36. The number of ketones is 1. The van der Waals surface area contributed by atoms with Crippen LogP contribution in [-0.2, 0) is 19.4 Å². The molecular formula is C18H21NO. The van der Waals surface area contributed by atoms with Crippen molar-refractivity contribution in [1.29, 1.82) is 0 Å². The summed E-state index contributed by atoms with van der Waals surface area (Å²) in [5.41, 5.74) is 6.18. The minimum absolute atomic E-state index is 0.317. The molecule has 2 nitrogen and oxygen atoms in total. The van der Waals surface area contributed by atoms with Crippen molar-refractivity contribution in [3.05, 3.63) is 58.4 Å². The molecular weight excluding hydrogens is 246 g/mol. The van der Waals surface area contributed by atoms with E-state index >= 15 is 0 Å². The van der Waals surface area contributed by atoms with Gasteiger partial charge in [0.15, 0.2) is 5.78 Å². The van der Waals surface area contributed by atoms with Crippen molar-refractivity contribution >= 4 is 5.78 Å². The molecule has 0 amide bonds. The number of fused-ring (bicyclic) bond motifs is 1. The molecule has 2 heteroatoms. The van der Waals surface area contributed by atoms with E-state index in [4.69, 9.17) is 0 Å². The van der Waals surface area contributed by atoms with Crippen LogP contribution in [0, 0.1) is 6.92 Å². The monoisotopic (exact) mass is 267 g/mol. The second-order valence-corrected chi connectivity index (χ2v) is 5.63. The van der Waals surface area contributed by atoms with E-state index in [1.54, 1.807) is 0 Å². The number of benzene rings is 1. The Hall–Kier alpha value is -1.83. The largest absolute Gasteiger partial charge is 0.344 e. The summed E-state index contributed by atoms with van der Waals surface area (Å²) in [4.78, 5) is 12.0. The van der Waals surface area contributed by atoms with Crippen LogP contribution in [0.5, 0.6) is 0 Å². The van der Waals surface area contributed by atoms with Crippen molar-refractivity contribution in [2.24, 2.45) is 0 Å². The first kappa shape index (κ1) is 13.2. The molecule has 0 atom stereocenters. The molecule has 0 N–H and O–H groups in total. The number of carbonyl (C=O) groups is 1. The molecule has 1 aliphatic rings. The van der Waals surface area contributed by atoms with E-state index in [0.29, 0.717) is 12.2 Å². The standard InChI is InChI=1S/C18H21NO/c1-3-14-7-4-5-8-15(14)12-19-13(2)11-16-17(19)9-6-10-18(16)20/h4-5,7-8,11H,3,6,9-10,12H2,1-2H3. The second kappa shape index (κ2) is 5.28. The first-order valence-corrected chi connectivity index (χ1v) is 7.49. The SMILES string of the molecule is CCc1ccccc1Cn1c(C)cc2c1CCCC2=O. The van der Waals surface area contributed by atoms with Gasteiger partial charge in [-0.2, -0.15) is 0 Å². The Kier molecular flexibility index (Phi) is 3.47. The Morgan fingerprint density at radius 2 is 1.90 bits per heavy atom. The number of aromatic nitrogens is 1. The van der Waals surface area contributed by atoms with E-state index < -0.39 is 0 Å². The van der Waals surface area contributed by atoms with Gasteiger partial charge in [-0.15, -0.1) is 0 Å². The Balaban J connectivity index is 2.01. The molecule has 1 heterocycles. The summed E-state index contributed by atoms with van der Waals surface area (Å²) < 4.78 is 2.33. The molecule has 0 spiro atoms. The predicted molar refractivity (Wildman–Crippen MR) is 81.4 cm³/mol. The Labute approximate surface area is 120 Å². The molecule has 0 saturated carbocycles. The van der Waals surface area contributed by atoms with Gasteiger partial charge in [0.05, 0.1) is 0 Å². The lowest BCUT2D eigenvalue weighted by Crippen LogP contribution is -2.14. The lowest BCUT2D eigenvalue weighted by molar-refractivity contribution is 0.0972. The molecule has 1 aromatic heterocycles. The van der Waals surface area contributed by atoms with Gasteiger partial charge in [-0.1, -0.05) is 31.2 Å². The van der Waals surface area contributed by atoms with E-state index in [2.05, 4.69) is 48.7 Å². The summed E-state index contributed by atoms with van der Waals surface area (Å²) >= 11 is 0. The van der Waals surface area contributed by atoms with Crippen molar-refractivity contribution in [3.63, 3.8) is 0 Å². The number of hydrogen-bond acceptors (Lipinski definition) is 1. The van der Waals surface area contributed by atoms with Crippen molar-refractivity contribution in [3.8, 4) is 0 Å². The second-order valence-electron chi connectivity index (χ2n) is 5.63. The van der Waals surface area contributed by atoms with Crippen molar-refractivity contribution < 1.29 is 4.79 Å². The molecule has 0 unspecified atom stereocenters. The highest BCUT2D eigenvalue weighted by Gasteiger charge is 2.22. The summed E-state index contributed by atoms with van der Waals surface area (Å²) in [5.74, 6) is 0.317. The third-order valence-electron chi connectivity index (χ3n) is 4.36. The molecule has 0 aliphatic heterocycles. The summed E-state index contributed by atoms with van der Waals surface area (Å²) in [6, 6.07) is 10.7. The first-order chi connectivity index (χ1) is 9.70. The minimum atomic E-state index is 0.317. The fourth-order valence-electron chi connectivity index (χ4n) is 3.24. The van der Waals surface area contributed by atoms with Crippen LogP contribution in [0.4, 0.5) is 0 Å². The zero-order valence-corrected chi connectivity index (χ0v) is 12.3. The van der Waals surface area contributed by atoms with Gasteiger partial charge in [-0.3, -0.25) is 4.79 Å². The van der Waals surface area contributed by atoms with Crippen LogP contribution in [0.2, 0.25) is 0 Å². The van der Waals surface area contributed by atoms with E-state index in [1.807, 2.05) is 0 Å². The topological polar surface area (TPSA) is 22.0 Å². The first-order valence-electron chi connectivity index (χ1n) is 7.49. The lowest BCUT2D eigenvalue weighted by Gasteiger charge is -2.17. The van der Waals surface area contributed by atoms with Crippen LogP contribution in [-0.4, -0.2) is 10.4 Å².